The molecule has 0 radical (unpaired) electrons. The van der Waals surface area contributed by atoms with Gasteiger partial charge in [-0.2, -0.15) is 0 Å². The van der Waals surface area contributed by atoms with E-state index in [4.69, 9.17) is 4.74 Å². The van der Waals surface area contributed by atoms with Gasteiger partial charge in [0.15, 0.2) is 5.78 Å². The van der Waals surface area contributed by atoms with E-state index in [-0.39, 0.29) is 17.1 Å². The van der Waals surface area contributed by atoms with Crippen LogP contribution in [0, 0.1) is 32.2 Å². The summed E-state index contributed by atoms with van der Waals surface area (Å²) in [5.41, 5.74) is -0.365. The van der Waals surface area contributed by atoms with E-state index in [1.807, 2.05) is 12.1 Å². The van der Waals surface area contributed by atoms with Gasteiger partial charge in [0.1, 0.15) is 0 Å². The Bertz CT molecular complexity index is 1060. The van der Waals surface area contributed by atoms with Crippen molar-refractivity contribution in [1.82, 2.24) is 0 Å². The first-order chi connectivity index (χ1) is 15.6. The molecule has 1 aromatic rings. The minimum atomic E-state index is -1.50. The number of ketones is 1. The normalized spacial score (nSPS) is 39.7. The van der Waals surface area contributed by atoms with Gasteiger partial charge in [-0.15, -0.1) is 0 Å². The summed E-state index contributed by atoms with van der Waals surface area (Å²) in [7, 11) is 0. The zero-order valence-electron chi connectivity index (χ0n) is 19.2. The summed E-state index contributed by atoms with van der Waals surface area (Å²) in [6.45, 7) is 4.37. The number of aliphatic carboxylic acids is 1. The zero-order chi connectivity index (χ0) is 23.6. The number of allylic oxidation sites excluding steroid dienone is 1. The molecule has 176 valence electrons. The molecule has 0 saturated heterocycles. The highest BCUT2D eigenvalue weighted by molar-refractivity contribution is 14.1. The molecule has 33 heavy (non-hydrogen) atoms. The van der Waals surface area contributed by atoms with Crippen LogP contribution < -0.4 is 0 Å². The van der Waals surface area contributed by atoms with Crippen molar-refractivity contribution in [1.29, 1.82) is 0 Å². The standard InChI is InChI=1S/C27H31IO5/c1-25-11-8-19(29)15-17(25)6-7-20-21(25)9-12-26(2)22(20)10-13-27(26,24(31)32)33-23(30)16-4-3-5-18(28)14-16/h3-5,14-15,20-22H,6-13H2,1-2H3,(H,31,32)/t20-,21+,22+,25+,26+,27+/m1/s1. The summed E-state index contributed by atoms with van der Waals surface area (Å²) in [6, 6.07) is 7.11. The number of hydrogen-bond acceptors (Lipinski definition) is 4. The fourth-order valence-corrected chi connectivity index (χ4v) is 8.50. The van der Waals surface area contributed by atoms with Gasteiger partial charge >= 0.3 is 11.9 Å². The molecule has 0 aliphatic heterocycles. The molecule has 3 saturated carbocycles. The fraction of sp³-hybridized carbons (Fsp3) is 0.593. The van der Waals surface area contributed by atoms with Crippen molar-refractivity contribution in [2.45, 2.75) is 70.8 Å². The largest absolute Gasteiger partial charge is 0.478 e. The van der Waals surface area contributed by atoms with E-state index in [1.54, 1.807) is 18.2 Å². The van der Waals surface area contributed by atoms with Crippen LogP contribution in [0.3, 0.4) is 0 Å². The number of carbonyl (C=O) groups excluding carboxylic acids is 2. The number of fused-ring (bicyclic) bond motifs is 5. The van der Waals surface area contributed by atoms with Crippen molar-refractivity contribution in [3.05, 3.63) is 45.0 Å². The van der Waals surface area contributed by atoms with E-state index in [2.05, 4.69) is 36.4 Å². The van der Waals surface area contributed by atoms with Gasteiger partial charge in [0.05, 0.1) is 5.56 Å². The Morgan fingerprint density at radius 3 is 2.55 bits per heavy atom. The molecule has 0 aromatic heterocycles. The molecule has 4 aliphatic carbocycles. The van der Waals surface area contributed by atoms with E-state index in [0.717, 1.165) is 42.1 Å². The Hall–Kier alpha value is -1.70. The van der Waals surface area contributed by atoms with Gasteiger partial charge in [-0.05, 0) is 115 Å². The minimum absolute atomic E-state index is 0.0318. The lowest BCUT2D eigenvalue weighted by Gasteiger charge is -2.58. The lowest BCUT2D eigenvalue weighted by molar-refractivity contribution is -0.182. The lowest BCUT2D eigenvalue weighted by Crippen LogP contribution is -2.59. The Morgan fingerprint density at radius 1 is 1.06 bits per heavy atom. The second kappa shape index (κ2) is 7.92. The van der Waals surface area contributed by atoms with Gasteiger partial charge in [0.25, 0.3) is 0 Å². The average Bonchev–Trinajstić information content (AvgIpc) is 3.07. The smallest absolute Gasteiger partial charge is 0.348 e. The number of rotatable bonds is 3. The first-order valence-electron chi connectivity index (χ1n) is 12.1. The van der Waals surface area contributed by atoms with E-state index < -0.39 is 23.0 Å². The number of benzene rings is 1. The number of carboxylic acid groups (broad SMARTS) is 1. The number of esters is 1. The SMILES string of the molecule is C[C@]12CCC(=O)C=C1CC[C@@H]1[C@@H]2CC[C@@]2(C)[C@H]1CC[C@]2(OC(=O)c1cccc(I)c1)C(=O)O. The topological polar surface area (TPSA) is 80.7 Å². The molecule has 4 aliphatic rings. The first-order valence-corrected chi connectivity index (χ1v) is 13.1. The minimum Gasteiger partial charge on any atom is -0.478 e. The second-order valence-electron chi connectivity index (χ2n) is 11.0. The molecule has 0 amide bonds. The molecule has 0 spiro atoms. The molecule has 6 atom stereocenters. The summed E-state index contributed by atoms with van der Waals surface area (Å²) >= 11 is 2.14. The van der Waals surface area contributed by atoms with Crippen LogP contribution in [-0.4, -0.2) is 28.4 Å². The van der Waals surface area contributed by atoms with E-state index in [9.17, 15) is 19.5 Å². The van der Waals surface area contributed by atoms with Crippen molar-refractivity contribution in [3.8, 4) is 0 Å². The summed E-state index contributed by atoms with van der Waals surface area (Å²) < 4.78 is 6.91. The van der Waals surface area contributed by atoms with Crippen molar-refractivity contribution >= 4 is 40.3 Å². The Morgan fingerprint density at radius 2 is 1.82 bits per heavy atom. The highest BCUT2D eigenvalue weighted by Crippen LogP contribution is 2.68. The van der Waals surface area contributed by atoms with Gasteiger partial charge in [-0.3, -0.25) is 4.79 Å². The van der Waals surface area contributed by atoms with E-state index in [1.165, 1.54) is 5.57 Å². The number of ether oxygens (including phenoxy) is 1. The first kappa shape index (κ1) is 23.1. The third-order valence-electron chi connectivity index (χ3n) is 9.75. The van der Waals surface area contributed by atoms with Crippen LogP contribution in [0.5, 0.6) is 0 Å². The summed E-state index contributed by atoms with van der Waals surface area (Å²) in [5, 5.41) is 10.5. The van der Waals surface area contributed by atoms with Crippen molar-refractivity contribution in [2.75, 3.05) is 0 Å². The summed E-state index contributed by atoms with van der Waals surface area (Å²) in [6.07, 6.45) is 8.06. The van der Waals surface area contributed by atoms with Gasteiger partial charge in [-0.1, -0.05) is 25.5 Å². The van der Waals surface area contributed by atoms with Crippen molar-refractivity contribution in [3.63, 3.8) is 0 Å². The molecule has 5 rings (SSSR count). The third-order valence-corrected chi connectivity index (χ3v) is 10.4. The Kier molecular flexibility index (Phi) is 5.54. The van der Waals surface area contributed by atoms with Crippen LogP contribution in [0.1, 0.15) is 75.6 Å². The monoisotopic (exact) mass is 562 g/mol. The summed E-state index contributed by atoms with van der Waals surface area (Å²) in [4.78, 5) is 37.9. The molecule has 0 heterocycles. The van der Waals surface area contributed by atoms with Crippen molar-refractivity contribution < 1.29 is 24.2 Å². The molecule has 6 heteroatoms. The van der Waals surface area contributed by atoms with Gasteiger partial charge in [0.2, 0.25) is 5.60 Å². The predicted molar refractivity (Wildman–Crippen MR) is 132 cm³/mol. The maximum absolute atomic E-state index is 13.1. The maximum Gasteiger partial charge on any atom is 0.348 e. The van der Waals surface area contributed by atoms with Crippen LogP contribution >= 0.6 is 22.6 Å². The molecule has 0 unspecified atom stereocenters. The lowest BCUT2D eigenvalue weighted by atomic mass is 9.46. The zero-order valence-corrected chi connectivity index (χ0v) is 21.4. The number of halogens is 1. The highest BCUT2D eigenvalue weighted by atomic mass is 127. The number of carboxylic acids is 1. The van der Waals surface area contributed by atoms with Crippen LogP contribution in [0.25, 0.3) is 0 Å². The van der Waals surface area contributed by atoms with E-state index in [0.29, 0.717) is 30.2 Å². The van der Waals surface area contributed by atoms with Crippen LogP contribution in [0.2, 0.25) is 0 Å². The molecule has 1 N–H and O–H groups in total. The third kappa shape index (κ3) is 3.34. The highest BCUT2D eigenvalue weighted by Gasteiger charge is 2.69. The quantitative estimate of drug-likeness (QED) is 0.372. The van der Waals surface area contributed by atoms with Gasteiger partial charge in [-0.25, -0.2) is 9.59 Å². The molecular weight excluding hydrogens is 531 g/mol. The van der Waals surface area contributed by atoms with Crippen LogP contribution in [-0.2, 0) is 14.3 Å². The molecule has 3 fully saturated rings. The Balaban J connectivity index is 1.47. The van der Waals surface area contributed by atoms with Gasteiger partial charge in [0, 0.05) is 15.4 Å². The van der Waals surface area contributed by atoms with Crippen LogP contribution in [0.4, 0.5) is 0 Å². The maximum atomic E-state index is 13.1. The predicted octanol–water partition coefficient (Wildman–Crippen LogP) is 5.80. The van der Waals surface area contributed by atoms with Crippen LogP contribution in [0.15, 0.2) is 35.9 Å². The number of carbonyl (C=O) groups is 3. The molecule has 1 aromatic carbocycles. The fourth-order valence-electron chi connectivity index (χ4n) is 7.95. The second-order valence-corrected chi connectivity index (χ2v) is 12.2. The number of hydrogen-bond donors (Lipinski definition) is 1. The molecular formula is C27H31IO5. The summed E-state index contributed by atoms with van der Waals surface area (Å²) in [5.74, 6) is -0.263. The van der Waals surface area contributed by atoms with E-state index >= 15 is 0 Å². The molecule has 0 bridgehead atoms. The molecule has 5 nitrogen and oxygen atoms in total. The average molecular weight is 562 g/mol. The Labute approximate surface area is 208 Å². The van der Waals surface area contributed by atoms with Gasteiger partial charge < -0.3 is 9.84 Å². The van der Waals surface area contributed by atoms with Crippen molar-refractivity contribution in [2.24, 2.45) is 28.6 Å².